The molecule has 2 amide bonds. The number of rotatable bonds is 2. The zero-order valence-electron chi connectivity index (χ0n) is 15.4. The number of hydrogen-bond donors (Lipinski definition) is 0. The molecule has 1 aliphatic rings. The molecule has 0 radical (unpaired) electrons. The average Bonchev–Trinajstić information content (AvgIpc) is 2.59. The molecular weight excluding hydrogens is 451 g/mol. The first-order chi connectivity index (χ1) is 12.1. The monoisotopic (exact) mass is 474 g/mol. The van der Waals surface area contributed by atoms with E-state index in [4.69, 9.17) is 9.47 Å². The molecular formula is C18H23IN2O5. The summed E-state index contributed by atoms with van der Waals surface area (Å²) >= 11 is 2.01. The number of methoxy groups -OCH3 is 1. The number of halogens is 1. The molecule has 0 atom stereocenters. The predicted octanol–water partition coefficient (Wildman–Crippen LogP) is 2.77. The number of nitrogens with zero attached hydrogens (tertiary/aromatic N) is 2. The third-order valence-electron chi connectivity index (χ3n) is 3.84. The van der Waals surface area contributed by atoms with Gasteiger partial charge in [-0.05, 0) is 61.6 Å². The van der Waals surface area contributed by atoms with Crippen molar-refractivity contribution in [3.63, 3.8) is 0 Å². The molecule has 0 N–H and O–H groups in total. The van der Waals surface area contributed by atoms with Crippen molar-refractivity contribution in [2.24, 2.45) is 0 Å². The van der Waals surface area contributed by atoms with Gasteiger partial charge in [-0.2, -0.15) is 0 Å². The first-order valence-corrected chi connectivity index (χ1v) is 9.35. The van der Waals surface area contributed by atoms with Gasteiger partial charge in [-0.25, -0.2) is 9.59 Å². The minimum Gasteiger partial charge on any atom is -0.465 e. The number of piperazine rings is 1. The Hall–Kier alpha value is -1.84. The lowest BCUT2D eigenvalue weighted by Gasteiger charge is -2.35. The van der Waals surface area contributed by atoms with Gasteiger partial charge in [-0.3, -0.25) is 4.79 Å². The molecule has 1 aliphatic heterocycles. The van der Waals surface area contributed by atoms with Gasteiger partial charge in [0.05, 0.1) is 12.7 Å². The third kappa shape index (κ3) is 5.09. The molecule has 1 heterocycles. The molecule has 0 spiro atoms. The Morgan fingerprint density at radius 2 is 1.62 bits per heavy atom. The van der Waals surface area contributed by atoms with Crippen molar-refractivity contribution in [3.05, 3.63) is 32.9 Å². The van der Waals surface area contributed by atoms with Crippen LogP contribution in [0.15, 0.2) is 18.2 Å². The van der Waals surface area contributed by atoms with Gasteiger partial charge in [-0.15, -0.1) is 0 Å². The van der Waals surface area contributed by atoms with E-state index in [0.717, 1.165) is 0 Å². The zero-order valence-corrected chi connectivity index (χ0v) is 17.5. The maximum absolute atomic E-state index is 12.7. The topological polar surface area (TPSA) is 76.2 Å². The Morgan fingerprint density at radius 1 is 1.04 bits per heavy atom. The lowest BCUT2D eigenvalue weighted by molar-refractivity contribution is 0.0141. The van der Waals surface area contributed by atoms with Crippen molar-refractivity contribution in [1.29, 1.82) is 0 Å². The molecule has 8 heteroatoms. The maximum atomic E-state index is 12.7. The molecule has 0 saturated carbocycles. The van der Waals surface area contributed by atoms with E-state index < -0.39 is 11.6 Å². The van der Waals surface area contributed by atoms with E-state index in [1.165, 1.54) is 7.11 Å². The van der Waals surface area contributed by atoms with Crippen LogP contribution < -0.4 is 0 Å². The fourth-order valence-electron chi connectivity index (χ4n) is 2.52. The van der Waals surface area contributed by atoms with Crippen LogP contribution in [0.2, 0.25) is 0 Å². The SMILES string of the molecule is COC(=O)c1ccc(C(=O)N2CCN(C(=O)OC(C)(C)C)CC2)cc1I. The minimum absolute atomic E-state index is 0.122. The van der Waals surface area contributed by atoms with Crippen molar-refractivity contribution < 1.29 is 23.9 Å². The minimum atomic E-state index is -0.540. The second-order valence-corrected chi connectivity index (χ2v) is 8.11. The Labute approximate surface area is 166 Å². The van der Waals surface area contributed by atoms with E-state index in [9.17, 15) is 14.4 Å². The van der Waals surface area contributed by atoms with Crippen LogP contribution in [0.25, 0.3) is 0 Å². The van der Waals surface area contributed by atoms with Crippen molar-refractivity contribution in [2.45, 2.75) is 26.4 Å². The predicted molar refractivity (Wildman–Crippen MR) is 104 cm³/mol. The molecule has 1 aromatic carbocycles. The molecule has 0 unspecified atom stereocenters. The summed E-state index contributed by atoms with van der Waals surface area (Å²) in [6.45, 7) is 7.20. The van der Waals surface area contributed by atoms with Crippen LogP contribution >= 0.6 is 22.6 Å². The number of hydrogen-bond acceptors (Lipinski definition) is 5. The third-order valence-corrected chi connectivity index (χ3v) is 4.73. The first kappa shape index (κ1) is 20.5. The van der Waals surface area contributed by atoms with Crippen LogP contribution in [0.4, 0.5) is 4.79 Å². The highest BCUT2D eigenvalue weighted by molar-refractivity contribution is 14.1. The normalized spacial score (nSPS) is 14.8. The molecule has 1 fully saturated rings. The van der Waals surface area contributed by atoms with Crippen LogP contribution in [0.3, 0.4) is 0 Å². The highest BCUT2D eigenvalue weighted by Gasteiger charge is 2.28. The van der Waals surface area contributed by atoms with Crippen LogP contribution in [0.5, 0.6) is 0 Å². The average molecular weight is 474 g/mol. The van der Waals surface area contributed by atoms with Gasteiger partial charge in [0.2, 0.25) is 0 Å². The second kappa shape index (κ2) is 8.24. The number of benzene rings is 1. The van der Waals surface area contributed by atoms with Gasteiger partial charge < -0.3 is 19.3 Å². The van der Waals surface area contributed by atoms with Crippen molar-refractivity contribution >= 4 is 40.6 Å². The number of carbonyl (C=O) groups excluding carboxylic acids is 3. The summed E-state index contributed by atoms with van der Waals surface area (Å²) in [6.07, 6.45) is -0.360. The summed E-state index contributed by atoms with van der Waals surface area (Å²) < 4.78 is 10.7. The van der Waals surface area contributed by atoms with Gasteiger partial charge in [0.15, 0.2) is 0 Å². The van der Waals surface area contributed by atoms with E-state index >= 15 is 0 Å². The quantitative estimate of drug-likeness (QED) is 0.487. The Morgan fingerprint density at radius 3 is 2.12 bits per heavy atom. The smallest absolute Gasteiger partial charge is 0.410 e. The molecule has 2 rings (SSSR count). The molecule has 142 valence electrons. The lowest BCUT2D eigenvalue weighted by Crippen LogP contribution is -2.51. The molecule has 26 heavy (non-hydrogen) atoms. The maximum Gasteiger partial charge on any atom is 0.410 e. The zero-order chi connectivity index (χ0) is 19.5. The van der Waals surface area contributed by atoms with Gasteiger partial charge >= 0.3 is 12.1 Å². The first-order valence-electron chi connectivity index (χ1n) is 8.27. The van der Waals surface area contributed by atoms with Gasteiger partial charge in [0, 0.05) is 35.3 Å². The van der Waals surface area contributed by atoms with E-state index in [1.807, 2.05) is 43.4 Å². The highest BCUT2D eigenvalue weighted by Crippen LogP contribution is 2.18. The molecule has 0 bridgehead atoms. The highest BCUT2D eigenvalue weighted by atomic mass is 127. The number of carbonyl (C=O) groups is 3. The van der Waals surface area contributed by atoms with Crippen molar-refractivity contribution in [1.82, 2.24) is 9.80 Å². The largest absolute Gasteiger partial charge is 0.465 e. The fraction of sp³-hybridized carbons (Fsp3) is 0.500. The Balaban J connectivity index is 1.99. The number of amides is 2. The van der Waals surface area contributed by atoms with E-state index in [1.54, 1.807) is 28.0 Å². The second-order valence-electron chi connectivity index (χ2n) is 6.95. The van der Waals surface area contributed by atoms with E-state index in [-0.39, 0.29) is 12.0 Å². The van der Waals surface area contributed by atoms with Crippen LogP contribution in [-0.2, 0) is 9.47 Å². The van der Waals surface area contributed by atoms with Crippen LogP contribution in [-0.4, -0.2) is 66.7 Å². The van der Waals surface area contributed by atoms with E-state index in [2.05, 4.69) is 0 Å². The summed E-state index contributed by atoms with van der Waals surface area (Å²) in [5, 5.41) is 0. The van der Waals surface area contributed by atoms with Crippen LogP contribution in [0.1, 0.15) is 41.5 Å². The number of ether oxygens (including phenoxy) is 2. The molecule has 0 aromatic heterocycles. The molecule has 0 aliphatic carbocycles. The fourth-order valence-corrected chi connectivity index (χ4v) is 3.26. The number of esters is 1. The Bertz CT molecular complexity index is 706. The van der Waals surface area contributed by atoms with Gasteiger partial charge in [0.1, 0.15) is 5.60 Å². The summed E-state index contributed by atoms with van der Waals surface area (Å²) in [7, 11) is 1.32. The summed E-state index contributed by atoms with van der Waals surface area (Å²) in [5.74, 6) is -0.553. The Kier molecular flexibility index (Phi) is 6.48. The van der Waals surface area contributed by atoms with Crippen LogP contribution in [0, 0.1) is 3.57 Å². The standard InChI is InChI=1S/C18H23IN2O5/c1-18(2,3)26-17(24)21-9-7-20(8-10-21)15(22)12-5-6-13(14(19)11-12)16(23)25-4/h5-6,11H,7-10H2,1-4H3. The molecule has 7 nitrogen and oxygen atoms in total. The van der Waals surface area contributed by atoms with Crippen molar-refractivity contribution in [2.75, 3.05) is 33.3 Å². The molecule has 1 saturated heterocycles. The van der Waals surface area contributed by atoms with Crippen molar-refractivity contribution in [3.8, 4) is 0 Å². The van der Waals surface area contributed by atoms with Gasteiger partial charge in [0.25, 0.3) is 5.91 Å². The van der Waals surface area contributed by atoms with Gasteiger partial charge in [-0.1, -0.05) is 0 Å². The van der Waals surface area contributed by atoms with E-state index in [0.29, 0.717) is 40.9 Å². The molecule has 1 aromatic rings. The summed E-state index contributed by atoms with van der Waals surface area (Å²) in [5.41, 5.74) is 0.398. The summed E-state index contributed by atoms with van der Waals surface area (Å²) in [4.78, 5) is 39.7. The summed E-state index contributed by atoms with van der Waals surface area (Å²) in [6, 6.07) is 4.89. The lowest BCUT2D eigenvalue weighted by atomic mass is 10.1.